The van der Waals surface area contributed by atoms with E-state index in [0.717, 1.165) is 23.2 Å². The van der Waals surface area contributed by atoms with Crippen molar-refractivity contribution in [1.29, 1.82) is 0 Å². The molecule has 0 unspecified atom stereocenters. The number of aldehydes is 1. The van der Waals surface area contributed by atoms with Crippen LogP contribution in [0.2, 0.25) is 0 Å². The second kappa shape index (κ2) is 5.70. The summed E-state index contributed by atoms with van der Waals surface area (Å²) in [4.78, 5) is 10.7. The number of carbonyl (C=O) groups excluding carboxylic acids is 1. The molecule has 4 heteroatoms. The van der Waals surface area contributed by atoms with Crippen molar-refractivity contribution in [2.45, 2.75) is 6.92 Å². The number of carbonyl (C=O) groups is 1. The fourth-order valence-electron chi connectivity index (χ4n) is 1.32. The van der Waals surface area contributed by atoms with Crippen LogP contribution in [0.1, 0.15) is 12.5 Å². The molecule has 1 aromatic carbocycles. The topological polar surface area (TPSA) is 35.5 Å². The van der Waals surface area contributed by atoms with E-state index < -0.39 is 0 Å². The van der Waals surface area contributed by atoms with Crippen molar-refractivity contribution >= 4 is 27.8 Å². The van der Waals surface area contributed by atoms with E-state index in [2.05, 4.69) is 15.9 Å². The van der Waals surface area contributed by atoms with Crippen LogP contribution in [0, 0.1) is 0 Å². The average molecular weight is 285 g/mol. The Morgan fingerprint density at radius 3 is 2.50 bits per heavy atom. The summed E-state index contributed by atoms with van der Waals surface area (Å²) in [5.74, 6) is 1.43. The molecule has 0 aliphatic carbocycles. The number of rotatable bonds is 4. The Kier molecular flexibility index (Phi) is 4.55. The van der Waals surface area contributed by atoms with Crippen molar-refractivity contribution in [2.75, 3.05) is 14.2 Å². The smallest absolute Gasteiger partial charge is 0.157 e. The molecule has 0 N–H and O–H groups in total. The molecular formula is C12H13BrO3. The zero-order valence-electron chi connectivity index (χ0n) is 9.41. The van der Waals surface area contributed by atoms with Gasteiger partial charge < -0.3 is 9.47 Å². The first-order chi connectivity index (χ1) is 7.63. The fraction of sp³-hybridized carbons (Fsp3) is 0.250. The minimum absolute atomic E-state index is 0.499. The first-order valence-corrected chi connectivity index (χ1v) is 5.47. The van der Waals surface area contributed by atoms with Gasteiger partial charge in [0, 0.05) is 5.56 Å². The Labute approximate surface area is 103 Å². The quantitative estimate of drug-likeness (QED) is 0.630. The molecule has 16 heavy (non-hydrogen) atoms. The highest BCUT2D eigenvalue weighted by molar-refractivity contribution is 9.12. The van der Waals surface area contributed by atoms with E-state index in [4.69, 9.17) is 9.47 Å². The molecule has 0 atom stereocenters. The lowest BCUT2D eigenvalue weighted by molar-refractivity contribution is -0.104. The van der Waals surface area contributed by atoms with Crippen molar-refractivity contribution in [3.05, 3.63) is 28.2 Å². The number of hydrogen-bond acceptors (Lipinski definition) is 3. The van der Waals surface area contributed by atoms with E-state index in [-0.39, 0.29) is 0 Å². The Balaban J connectivity index is 3.34. The van der Waals surface area contributed by atoms with Gasteiger partial charge >= 0.3 is 0 Å². The van der Waals surface area contributed by atoms with E-state index >= 15 is 0 Å². The van der Waals surface area contributed by atoms with Crippen molar-refractivity contribution in [3.8, 4) is 11.5 Å². The Morgan fingerprint density at radius 1 is 1.31 bits per heavy atom. The molecule has 0 heterocycles. The molecule has 0 radical (unpaired) electrons. The lowest BCUT2D eigenvalue weighted by Gasteiger charge is -2.11. The van der Waals surface area contributed by atoms with Crippen LogP contribution in [-0.2, 0) is 4.79 Å². The van der Waals surface area contributed by atoms with E-state index in [1.807, 2.05) is 25.1 Å². The highest BCUT2D eigenvalue weighted by Crippen LogP contribution is 2.32. The molecule has 0 aliphatic heterocycles. The summed E-state index contributed by atoms with van der Waals surface area (Å²) in [6, 6.07) is 5.45. The van der Waals surface area contributed by atoms with E-state index in [9.17, 15) is 4.79 Å². The van der Waals surface area contributed by atoms with Gasteiger partial charge in [0.1, 0.15) is 11.5 Å². The van der Waals surface area contributed by atoms with Crippen LogP contribution < -0.4 is 9.47 Å². The van der Waals surface area contributed by atoms with Gasteiger partial charge in [-0.15, -0.1) is 0 Å². The first kappa shape index (κ1) is 12.8. The second-order valence-corrected chi connectivity index (χ2v) is 4.01. The summed E-state index contributed by atoms with van der Waals surface area (Å²) < 4.78 is 10.9. The summed E-state index contributed by atoms with van der Waals surface area (Å²) in [6.45, 7) is 1.84. The van der Waals surface area contributed by atoms with Crippen molar-refractivity contribution < 1.29 is 14.3 Å². The molecule has 0 saturated carbocycles. The molecule has 0 aromatic heterocycles. The fourth-order valence-corrected chi connectivity index (χ4v) is 1.54. The van der Waals surface area contributed by atoms with Crippen LogP contribution in [0.15, 0.2) is 22.7 Å². The molecule has 86 valence electrons. The monoisotopic (exact) mass is 284 g/mol. The van der Waals surface area contributed by atoms with Crippen LogP contribution >= 0.6 is 15.9 Å². The van der Waals surface area contributed by atoms with Crippen LogP contribution in [-0.4, -0.2) is 20.5 Å². The van der Waals surface area contributed by atoms with Gasteiger partial charge in [0.15, 0.2) is 6.29 Å². The largest absolute Gasteiger partial charge is 0.497 e. The van der Waals surface area contributed by atoms with Gasteiger partial charge in [-0.25, -0.2) is 0 Å². The second-order valence-electron chi connectivity index (χ2n) is 3.16. The van der Waals surface area contributed by atoms with Gasteiger partial charge in [0.25, 0.3) is 0 Å². The molecule has 0 spiro atoms. The Morgan fingerprint density at radius 2 is 2.00 bits per heavy atom. The van der Waals surface area contributed by atoms with E-state index in [1.165, 1.54) is 0 Å². The van der Waals surface area contributed by atoms with Crippen molar-refractivity contribution in [2.24, 2.45) is 0 Å². The van der Waals surface area contributed by atoms with Gasteiger partial charge in [-0.3, -0.25) is 4.79 Å². The molecular weight excluding hydrogens is 272 g/mol. The van der Waals surface area contributed by atoms with E-state index in [1.54, 1.807) is 14.2 Å². The summed E-state index contributed by atoms with van der Waals surface area (Å²) in [5, 5.41) is 0. The van der Waals surface area contributed by atoms with Gasteiger partial charge in [-0.05, 0) is 46.6 Å². The molecule has 0 aliphatic rings. The predicted molar refractivity (Wildman–Crippen MR) is 67.1 cm³/mol. The molecule has 1 aromatic rings. The van der Waals surface area contributed by atoms with Crippen molar-refractivity contribution in [1.82, 2.24) is 0 Å². The molecule has 0 fully saturated rings. The minimum Gasteiger partial charge on any atom is -0.497 e. The predicted octanol–water partition coefficient (Wildman–Crippen LogP) is 3.03. The molecule has 1 rings (SSSR count). The van der Waals surface area contributed by atoms with Gasteiger partial charge in [-0.2, -0.15) is 0 Å². The zero-order chi connectivity index (χ0) is 12.1. The maximum atomic E-state index is 10.7. The maximum absolute atomic E-state index is 10.7. The highest BCUT2D eigenvalue weighted by Gasteiger charge is 2.09. The van der Waals surface area contributed by atoms with Gasteiger partial charge in [0.2, 0.25) is 0 Å². The lowest BCUT2D eigenvalue weighted by Crippen LogP contribution is -1.93. The van der Waals surface area contributed by atoms with Crippen LogP contribution in [0.25, 0.3) is 5.57 Å². The van der Waals surface area contributed by atoms with Crippen LogP contribution in [0.4, 0.5) is 0 Å². The third-order valence-electron chi connectivity index (χ3n) is 2.27. The van der Waals surface area contributed by atoms with Crippen LogP contribution in [0.5, 0.6) is 11.5 Å². The normalized spacial score (nSPS) is 11.8. The van der Waals surface area contributed by atoms with Gasteiger partial charge in [0.05, 0.1) is 18.7 Å². The third-order valence-corrected chi connectivity index (χ3v) is 3.05. The lowest BCUT2D eigenvalue weighted by atomic mass is 10.1. The van der Waals surface area contributed by atoms with Gasteiger partial charge in [-0.1, -0.05) is 0 Å². The number of ether oxygens (including phenoxy) is 2. The number of halogens is 1. The summed E-state index contributed by atoms with van der Waals surface area (Å²) in [7, 11) is 3.19. The number of methoxy groups -OCH3 is 2. The SMILES string of the molecule is COc1ccc(OC)c(/C(C)=C(/Br)C=O)c1. The summed E-state index contributed by atoms with van der Waals surface area (Å²) in [5.41, 5.74) is 1.64. The highest BCUT2D eigenvalue weighted by atomic mass is 79.9. The minimum atomic E-state index is 0.499. The first-order valence-electron chi connectivity index (χ1n) is 4.68. The summed E-state index contributed by atoms with van der Waals surface area (Å²) in [6.07, 6.45) is 0.758. The Hall–Kier alpha value is -1.29. The number of hydrogen-bond donors (Lipinski definition) is 0. The molecule has 0 saturated heterocycles. The Bertz CT molecular complexity index is 424. The number of allylic oxidation sites excluding steroid dienone is 2. The van der Waals surface area contributed by atoms with E-state index in [0.29, 0.717) is 10.2 Å². The molecule has 3 nitrogen and oxygen atoms in total. The maximum Gasteiger partial charge on any atom is 0.157 e. The summed E-state index contributed by atoms with van der Waals surface area (Å²) >= 11 is 3.20. The zero-order valence-corrected chi connectivity index (χ0v) is 11.0. The molecule has 0 bridgehead atoms. The standard InChI is InChI=1S/C12H13BrO3/c1-8(11(13)7-14)10-6-9(15-2)4-5-12(10)16-3/h4-7H,1-3H3/b11-8+. The third kappa shape index (κ3) is 2.64. The average Bonchev–Trinajstić information content (AvgIpc) is 2.35. The number of benzene rings is 1. The molecule has 0 amide bonds. The van der Waals surface area contributed by atoms with Crippen LogP contribution in [0.3, 0.4) is 0 Å². The van der Waals surface area contributed by atoms with Crippen molar-refractivity contribution in [3.63, 3.8) is 0 Å².